The molecule has 0 radical (unpaired) electrons. The van der Waals surface area contributed by atoms with Crippen molar-refractivity contribution in [2.75, 3.05) is 6.61 Å². The fourth-order valence-electron chi connectivity index (χ4n) is 0.777. The van der Waals surface area contributed by atoms with Gasteiger partial charge in [0.1, 0.15) is 18.2 Å². The summed E-state index contributed by atoms with van der Waals surface area (Å²) < 4.78 is 17.3. The monoisotopic (exact) mass is 200 g/mol. The van der Waals surface area contributed by atoms with Crippen molar-refractivity contribution in [1.29, 1.82) is 0 Å². The molecule has 0 heterocycles. The number of aliphatic carboxylic acids is 1. The molecule has 0 aliphatic carbocycles. The first kappa shape index (κ1) is 10.5. The topological polar surface area (TPSA) is 66.8 Å². The molecular weight excluding hydrogens is 191 g/mol. The van der Waals surface area contributed by atoms with Crippen LogP contribution in [0.1, 0.15) is 0 Å². The van der Waals surface area contributed by atoms with Crippen LogP contribution in [0.2, 0.25) is 0 Å². The number of aliphatic hydroxyl groups excluding tert-OH is 1. The predicted octanol–water partition coefficient (Wildman–Crippen LogP) is 0.650. The maximum atomic E-state index is 12.4. The molecule has 0 aliphatic heterocycles. The Kier molecular flexibility index (Phi) is 3.41. The molecule has 1 aromatic carbocycles. The van der Waals surface area contributed by atoms with E-state index in [1.54, 1.807) is 0 Å². The summed E-state index contributed by atoms with van der Waals surface area (Å²) in [5, 5.41) is 17.2. The van der Waals surface area contributed by atoms with Gasteiger partial charge in [0.15, 0.2) is 6.10 Å². The lowest BCUT2D eigenvalue weighted by atomic mass is 10.3. The van der Waals surface area contributed by atoms with Crippen molar-refractivity contribution >= 4 is 5.97 Å². The minimum Gasteiger partial charge on any atom is -0.490 e. The summed E-state index contributed by atoms with van der Waals surface area (Å²) in [6.45, 7) is -0.360. The number of ether oxygens (including phenoxy) is 1. The lowest BCUT2D eigenvalue weighted by Gasteiger charge is -2.07. The van der Waals surface area contributed by atoms with Crippen molar-refractivity contribution in [1.82, 2.24) is 0 Å². The Morgan fingerprint density at radius 1 is 1.43 bits per heavy atom. The number of carbonyl (C=O) groups is 1. The number of halogens is 1. The molecule has 0 fully saturated rings. The van der Waals surface area contributed by atoms with Gasteiger partial charge in [-0.3, -0.25) is 0 Å². The Morgan fingerprint density at radius 3 is 2.50 bits per heavy atom. The number of rotatable bonds is 4. The molecule has 0 saturated heterocycles. The highest BCUT2D eigenvalue weighted by molar-refractivity contribution is 5.72. The first-order valence-electron chi connectivity index (χ1n) is 3.89. The van der Waals surface area contributed by atoms with Gasteiger partial charge < -0.3 is 14.9 Å². The fraction of sp³-hybridized carbons (Fsp3) is 0.222. The zero-order valence-electron chi connectivity index (χ0n) is 7.18. The van der Waals surface area contributed by atoms with Crippen LogP contribution in [0.3, 0.4) is 0 Å². The van der Waals surface area contributed by atoms with Gasteiger partial charge in [-0.1, -0.05) is 0 Å². The van der Waals surface area contributed by atoms with E-state index in [9.17, 15) is 9.18 Å². The predicted molar refractivity (Wildman–Crippen MR) is 45.5 cm³/mol. The van der Waals surface area contributed by atoms with Gasteiger partial charge >= 0.3 is 5.97 Å². The third-order valence-corrected chi connectivity index (χ3v) is 1.51. The number of carboxylic acid groups (broad SMARTS) is 1. The van der Waals surface area contributed by atoms with Crippen LogP contribution in [-0.2, 0) is 4.79 Å². The van der Waals surface area contributed by atoms with Gasteiger partial charge in [-0.2, -0.15) is 0 Å². The Bertz CT molecular complexity index is 309. The van der Waals surface area contributed by atoms with E-state index in [-0.39, 0.29) is 6.61 Å². The number of carboxylic acids is 1. The van der Waals surface area contributed by atoms with Crippen molar-refractivity contribution in [3.8, 4) is 5.75 Å². The summed E-state index contributed by atoms with van der Waals surface area (Å²) in [6.07, 6.45) is -1.57. The molecule has 4 nitrogen and oxygen atoms in total. The van der Waals surface area contributed by atoms with Gasteiger partial charge in [-0.25, -0.2) is 9.18 Å². The van der Waals surface area contributed by atoms with Gasteiger partial charge in [-0.05, 0) is 24.3 Å². The van der Waals surface area contributed by atoms with Crippen molar-refractivity contribution in [2.24, 2.45) is 0 Å². The standard InChI is InChI=1S/C9H9FO4/c10-6-1-3-7(4-2-6)14-5-8(11)9(12)13/h1-4,8,11H,5H2,(H,12,13). The molecule has 5 heteroatoms. The van der Waals surface area contributed by atoms with Gasteiger partial charge in [0.05, 0.1) is 0 Å². The highest BCUT2D eigenvalue weighted by Gasteiger charge is 2.13. The first-order chi connectivity index (χ1) is 6.59. The number of aliphatic hydroxyl groups is 1. The van der Waals surface area contributed by atoms with Crippen LogP contribution < -0.4 is 4.74 Å². The summed E-state index contributed by atoms with van der Waals surface area (Å²) >= 11 is 0. The molecule has 0 spiro atoms. The largest absolute Gasteiger partial charge is 0.490 e. The number of hydrogen-bond donors (Lipinski definition) is 2. The molecule has 1 unspecified atom stereocenters. The minimum atomic E-state index is -1.57. The van der Waals surface area contributed by atoms with Gasteiger partial charge in [0.25, 0.3) is 0 Å². The maximum absolute atomic E-state index is 12.4. The van der Waals surface area contributed by atoms with E-state index >= 15 is 0 Å². The van der Waals surface area contributed by atoms with Crippen molar-refractivity contribution in [3.05, 3.63) is 30.1 Å². The minimum absolute atomic E-state index is 0.312. The summed E-state index contributed by atoms with van der Waals surface area (Å²) in [7, 11) is 0. The zero-order valence-corrected chi connectivity index (χ0v) is 7.18. The highest BCUT2D eigenvalue weighted by atomic mass is 19.1. The smallest absolute Gasteiger partial charge is 0.336 e. The Hall–Kier alpha value is -1.62. The van der Waals surface area contributed by atoms with E-state index in [0.717, 1.165) is 0 Å². The number of benzene rings is 1. The molecule has 76 valence electrons. The number of hydrogen-bond acceptors (Lipinski definition) is 3. The van der Waals surface area contributed by atoms with Crippen LogP contribution in [0.25, 0.3) is 0 Å². The Labute approximate surface area is 79.6 Å². The molecule has 0 amide bonds. The van der Waals surface area contributed by atoms with E-state index < -0.39 is 17.9 Å². The van der Waals surface area contributed by atoms with Gasteiger partial charge in [0, 0.05) is 0 Å². The zero-order chi connectivity index (χ0) is 10.6. The molecule has 2 N–H and O–H groups in total. The van der Waals surface area contributed by atoms with Crippen LogP contribution in [-0.4, -0.2) is 28.9 Å². The SMILES string of the molecule is O=C(O)C(O)COc1ccc(F)cc1. The average molecular weight is 200 g/mol. The van der Waals surface area contributed by atoms with Gasteiger partial charge in [0.2, 0.25) is 0 Å². The van der Waals surface area contributed by atoms with E-state index in [2.05, 4.69) is 0 Å². The molecule has 0 saturated carbocycles. The third kappa shape index (κ3) is 3.02. The molecule has 1 aromatic rings. The quantitative estimate of drug-likeness (QED) is 0.748. The maximum Gasteiger partial charge on any atom is 0.336 e. The van der Waals surface area contributed by atoms with Crippen LogP contribution >= 0.6 is 0 Å². The molecule has 0 bridgehead atoms. The first-order valence-corrected chi connectivity index (χ1v) is 3.89. The molecule has 1 atom stereocenters. The summed E-state index contributed by atoms with van der Waals surface area (Å²) in [5.74, 6) is -1.45. The molecule has 14 heavy (non-hydrogen) atoms. The van der Waals surface area contributed by atoms with E-state index in [0.29, 0.717) is 5.75 Å². The van der Waals surface area contributed by atoms with Crippen molar-refractivity contribution in [2.45, 2.75) is 6.10 Å². The second-order valence-corrected chi connectivity index (χ2v) is 2.62. The van der Waals surface area contributed by atoms with Gasteiger partial charge in [-0.15, -0.1) is 0 Å². The van der Waals surface area contributed by atoms with Crippen LogP contribution in [0.15, 0.2) is 24.3 Å². The molecule has 1 rings (SSSR count). The molecule has 0 aromatic heterocycles. The van der Waals surface area contributed by atoms with Crippen LogP contribution in [0.4, 0.5) is 4.39 Å². The second-order valence-electron chi connectivity index (χ2n) is 2.62. The molecular formula is C9H9FO4. The Morgan fingerprint density at radius 2 is 2.00 bits per heavy atom. The van der Waals surface area contributed by atoms with E-state index in [1.165, 1.54) is 24.3 Å². The van der Waals surface area contributed by atoms with Crippen LogP contribution in [0.5, 0.6) is 5.75 Å². The molecule has 0 aliphatic rings. The third-order valence-electron chi connectivity index (χ3n) is 1.51. The van der Waals surface area contributed by atoms with Crippen LogP contribution in [0, 0.1) is 5.82 Å². The van der Waals surface area contributed by atoms with E-state index in [1.807, 2.05) is 0 Å². The lowest BCUT2D eigenvalue weighted by Crippen LogP contribution is -2.26. The second kappa shape index (κ2) is 4.57. The summed E-state index contributed by atoms with van der Waals surface area (Å²) in [4.78, 5) is 10.2. The summed E-state index contributed by atoms with van der Waals surface area (Å²) in [5.41, 5.74) is 0. The normalized spacial score (nSPS) is 12.1. The summed E-state index contributed by atoms with van der Waals surface area (Å²) in [6, 6.07) is 5.07. The van der Waals surface area contributed by atoms with E-state index in [4.69, 9.17) is 14.9 Å². The average Bonchev–Trinajstić information content (AvgIpc) is 2.16. The fourth-order valence-corrected chi connectivity index (χ4v) is 0.777. The lowest BCUT2D eigenvalue weighted by molar-refractivity contribution is -0.148. The Balaban J connectivity index is 2.46. The van der Waals surface area contributed by atoms with Crippen molar-refractivity contribution < 1.29 is 24.1 Å². The van der Waals surface area contributed by atoms with Crippen molar-refractivity contribution in [3.63, 3.8) is 0 Å². The highest BCUT2D eigenvalue weighted by Crippen LogP contribution is 2.11.